The summed E-state index contributed by atoms with van der Waals surface area (Å²) in [5.74, 6) is 2.52. The van der Waals surface area contributed by atoms with Crippen LogP contribution in [0, 0.1) is 6.92 Å². The van der Waals surface area contributed by atoms with E-state index >= 15 is 0 Å². The Hall–Kier alpha value is -2.97. The van der Waals surface area contributed by atoms with Gasteiger partial charge in [-0.2, -0.15) is 4.98 Å². The van der Waals surface area contributed by atoms with Crippen molar-refractivity contribution in [2.24, 2.45) is 0 Å². The molecule has 4 aromatic rings. The van der Waals surface area contributed by atoms with Gasteiger partial charge in [-0.05, 0) is 49.2 Å². The fourth-order valence-electron chi connectivity index (χ4n) is 4.10. The summed E-state index contributed by atoms with van der Waals surface area (Å²) >= 11 is 8.00. The van der Waals surface area contributed by atoms with Crippen LogP contribution in [0.1, 0.15) is 11.8 Å². The van der Waals surface area contributed by atoms with Gasteiger partial charge in [-0.3, -0.25) is 0 Å². The molecule has 1 aliphatic rings. The molecule has 0 unspecified atom stereocenters. The van der Waals surface area contributed by atoms with Crippen LogP contribution in [0.2, 0.25) is 5.28 Å². The molecule has 32 heavy (non-hydrogen) atoms. The first-order valence-electron chi connectivity index (χ1n) is 10.6. The first-order chi connectivity index (χ1) is 15.6. The number of anilines is 2. The predicted molar refractivity (Wildman–Crippen MR) is 130 cm³/mol. The number of thiophene rings is 1. The van der Waals surface area contributed by atoms with Gasteiger partial charge >= 0.3 is 0 Å². The van der Waals surface area contributed by atoms with Crippen LogP contribution in [0.25, 0.3) is 21.3 Å². The molecule has 4 heterocycles. The molecule has 164 valence electrons. The summed E-state index contributed by atoms with van der Waals surface area (Å²) in [4.78, 5) is 24.6. The third-order valence-corrected chi connectivity index (χ3v) is 6.72. The Bertz CT molecular complexity index is 1220. The van der Waals surface area contributed by atoms with E-state index in [9.17, 15) is 0 Å². The van der Waals surface area contributed by atoms with E-state index in [1.807, 2.05) is 25.1 Å². The SMILES string of the molecule is CCOc1ccc(-c2c(C)sc3nc(Cl)nc(N4CCN(c5ncccn5)CC4)c23)cc1. The number of halogens is 1. The first-order valence-corrected chi connectivity index (χ1v) is 11.8. The Kier molecular flexibility index (Phi) is 5.80. The normalized spacial score (nSPS) is 14.2. The second-order valence-corrected chi connectivity index (χ2v) is 9.05. The number of piperazine rings is 1. The van der Waals surface area contributed by atoms with Gasteiger partial charge in [0.05, 0.1) is 12.0 Å². The second kappa shape index (κ2) is 8.88. The fraction of sp³-hybridized carbons (Fsp3) is 0.304. The van der Waals surface area contributed by atoms with Crippen LogP contribution in [0.5, 0.6) is 5.75 Å². The van der Waals surface area contributed by atoms with E-state index in [-0.39, 0.29) is 5.28 Å². The summed E-state index contributed by atoms with van der Waals surface area (Å²) < 4.78 is 5.61. The highest BCUT2D eigenvalue weighted by atomic mass is 35.5. The molecule has 1 aromatic carbocycles. The van der Waals surface area contributed by atoms with Crippen LogP contribution in [0.4, 0.5) is 11.8 Å². The minimum atomic E-state index is 0.279. The molecule has 5 rings (SSSR count). The minimum absolute atomic E-state index is 0.279. The van der Waals surface area contributed by atoms with Crippen molar-refractivity contribution in [3.63, 3.8) is 0 Å². The lowest BCUT2D eigenvalue weighted by Gasteiger charge is -2.35. The minimum Gasteiger partial charge on any atom is -0.494 e. The zero-order chi connectivity index (χ0) is 22.1. The summed E-state index contributed by atoms with van der Waals surface area (Å²) in [6.07, 6.45) is 3.55. The number of rotatable bonds is 5. The van der Waals surface area contributed by atoms with E-state index in [0.29, 0.717) is 6.61 Å². The van der Waals surface area contributed by atoms with Crippen molar-refractivity contribution in [2.45, 2.75) is 13.8 Å². The molecule has 0 bridgehead atoms. The molecule has 1 saturated heterocycles. The van der Waals surface area contributed by atoms with Crippen molar-refractivity contribution in [2.75, 3.05) is 42.6 Å². The highest BCUT2D eigenvalue weighted by Crippen LogP contribution is 2.42. The zero-order valence-corrected chi connectivity index (χ0v) is 19.5. The van der Waals surface area contributed by atoms with Crippen LogP contribution >= 0.6 is 22.9 Å². The molecule has 7 nitrogen and oxygen atoms in total. The van der Waals surface area contributed by atoms with Gasteiger partial charge in [0.1, 0.15) is 16.4 Å². The van der Waals surface area contributed by atoms with E-state index < -0.39 is 0 Å². The van der Waals surface area contributed by atoms with Crippen molar-refractivity contribution in [1.82, 2.24) is 19.9 Å². The van der Waals surface area contributed by atoms with Crippen molar-refractivity contribution in [3.8, 4) is 16.9 Å². The summed E-state index contributed by atoms with van der Waals surface area (Å²) in [6, 6.07) is 10.1. The number of ether oxygens (including phenoxy) is 1. The summed E-state index contributed by atoms with van der Waals surface area (Å²) in [5.41, 5.74) is 2.29. The van der Waals surface area contributed by atoms with Gasteiger partial charge in [-0.25, -0.2) is 15.0 Å². The first kappa shape index (κ1) is 20.9. The Labute approximate surface area is 195 Å². The van der Waals surface area contributed by atoms with Gasteiger partial charge in [0.25, 0.3) is 0 Å². The predicted octanol–water partition coefficient (Wildman–Crippen LogP) is 4.84. The second-order valence-electron chi connectivity index (χ2n) is 7.51. The monoisotopic (exact) mass is 466 g/mol. The van der Waals surface area contributed by atoms with E-state index in [1.165, 1.54) is 4.88 Å². The van der Waals surface area contributed by atoms with Crippen LogP contribution in [0.3, 0.4) is 0 Å². The molecule has 0 saturated carbocycles. The summed E-state index contributed by atoms with van der Waals surface area (Å²) in [5, 5.41) is 1.34. The maximum atomic E-state index is 6.34. The number of aryl methyl sites for hydroxylation is 1. The van der Waals surface area contributed by atoms with Crippen LogP contribution in [0.15, 0.2) is 42.7 Å². The maximum Gasteiger partial charge on any atom is 0.225 e. The number of fused-ring (bicyclic) bond motifs is 1. The Morgan fingerprint density at radius 1 is 1.00 bits per heavy atom. The van der Waals surface area contributed by atoms with Crippen LogP contribution in [-0.2, 0) is 0 Å². The quantitative estimate of drug-likeness (QED) is 0.390. The number of aromatic nitrogens is 4. The fourth-order valence-corrected chi connectivity index (χ4v) is 5.36. The topological polar surface area (TPSA) is 67.3 Å². The standard InChI is InChI=1S/C23H23ClN6OS/c1-3-31-17-7-5-16(6-8-17)18-15(2)32-21-19(18)20(27-22(24)28-21)29-11-13-30(14-12-29)23-25-9-4-10-26-23/h4-10H,3,11-14H2,1-2H3. The zero-order valence-electron chi connectivity index (χ0n) is 18.0. The summed E-state index contributed by atoms with van der Waals surface area (Å²) in [7, 11) is 0. The van der Waals surface area contributed by atoms with Gasteiger partial charge in [-0.1, -0.05) is 12.1 Å². The molecule has 0 radical (unpaired) electrons. The molecule has 3 aromatic heterocycles. The molecule has 0 spiro atoms. The number of benzene rings is 1. The number of hydrogen-bond acceptors (Lipinski definition) is 8. The lowest BCUT2D eigenvalue weighted by atomic mass is 10.0. The summed E-state index contributed by atoms with van der Waals surface area (Å²) in [6.45, 7) is 8.00. The highest BCUT2D eigenvalue weighted by molar-refractivity contribution is 7.19. The smallest absolute Gasteiger partial charge is 0.225 e. The van der Waals surface area contributed by atoms with E-state index in [1.54, 1.807) is 23.7 Å². The van der Waals surface area contributed by atoms with Crippen LogP contribution in [-0.4, -0.2) is 52.7 Å². The molecule has 0 atom stereocenters. The third kappa shape index (κ3) is 3.96. The van der Waals surface area contributed by atoms with E-state index in [4.69, 9.17) is 16.3 Å². The highest BCUT2D eigenvalue weighted by Gasteiger charge is 2.25. The molecular formula is C23H23ClN6OS. The van der Waals surface area contributed by atoms with Gasteiger partial charge in [0.2, 0.25) is 11.2 Å². The Morgan fingerprint density at radius 2 is 1.69 bits per heavy atom. The Morgan fingerprint density at radius 3 is 2.38 bits per heavy atom. The van der Waals surface area contributed by atoms with Gasteiger partial charge in [0.15, 0.2) is 0 Å². The van der Waals surface area contributed by atoms with Gasteiger partial charge < -0.3 is 14.5 Å². The molecule has 0 N–H and O–H groups in total. The largest absolute Gasteiger partial charge is 0.494 e. The van der Waals surface area contributed by atoms with Crippen molar-refractivity contribution < 1.29 is 4.74 Å². The average Bonchev–Trinajstić information content (AvgIpc) is 3.15. The molecule has 1 fully saturated rings. The lowest BCUT2D eigenvalue weighted by Crippen LogP contribution is -2.47. The van der Waals surface area contributed by atoms with Crippen molar-refractivity contribution in [1.29, 1.82) is 0 Å². The molecule has 0 aliphatic carbocycles. The molecule has 1 aliphatic heterocycles. The Balaban J connectivity index is 1.51. The van der Waals surface area contributed by atoms with E-state index in [0.717, 1.165) is 65.0 Å². The van der Waals surface area contributed by atoms with Crippen molar-refractivity contribution >= 4 is 44.9 Å². The number of hydrogen-bond donors (Lipinski definition) is 0. The lowest BCUT2D eigenvalue weighted by molar-refractivity contribution is 0.340. The average molecular weight is 467 g/mol. The van der Waals surface area contributed by atoms with Crippen molar-refractivity contribution in [3.05, 3.63) is 52.9 Å². The van der Waals surface area contributed by atoms with E-state index in [2.05, 4.69) is 48.8 Å². The van der Waals surface area contributed by atoms with Gasteiger partial charge in [-0.15, -0.1) is 11.3 Å². The number of nitrogens with zero attached hydrogens (tertiary/aromatic N) is 6. The third-order valence-electron chi connectivity index (χ3n) is 5.55. The van der Waals surface area contributed by atoms with Crippen LogP contribution < -0.4 is 14.5 Å². The molecular weight excluding hydrogens is 444 g/mol. The molecule has 0 amide bonds. The maximum absolute atomic E-state index is 6.34. The molecule has 9 heteroatoms. The van der Waals surface area contributed by atoms with Gasteiger partial charge in [0, 0.05) is 49.0 Å².